The van der Waals surface area contributed by atoms with Gasteiger partial charge in [0.2, 0.25) is 0 Å². The van der Waals surface area contributed by atoms with Gasteiger partial charge in [-0.3, -0.25) is 4.79 Å². The Morgan fingerprint density at radius 1 is 1.72 bits per heavy atom. The molecule has 1 aromatic rings. The van der Waals surface area contributed by atoms with Gasteiger partial charge in [-0.05, 0) is 12.8 Å². The summed E-state index contributed by atoms with van der Waals surface area (Å²) in [5.41, 5.74) is -0.0753. The molecule has 0 radical (unpaired) electrons. The van der Waals surface area contributed by atoms with E-state index in [0.717, 1.165) is 19.3 Å². The zero-order valence-corrected chi connectivity index (χ0v) is 10.9. The van der Waals surface area contributed by atoms with Gasteiger partial charge in [-0.25, -0.2) is 9.97 Å². The van der Waals surface area contributed by atoms with Crippen LogP contribution in [-0.4, -0.2) is 33.6 Å². The third kappa shape index (κ3) is 2.47. The smallest absolute Gasteiger partial charge is 0.271 e. The molecule has 5 nitrogen and oxygen atoms in total. The van der Waals surface area contributed by atoms with E-state index < -0.39 is 0 Å². The average molecular weight is 270 g/mol. The summed E-state index contributed by atoms with van der Waals surface area (Å²) in [6, 6.07) is -0.0407. The number of carbonyl (C=O) groups excluding carboxylic acids is 1. The molecular formula is C12H16ClN3O2. The number of hydrogen-bond donors (Lipinski definition) is 2. The highest BCUT2D eigenvalue weighted by atomic mass is 35.5. The van der Waals surface area contributed by atoms with Crippen molar-refractivity contribution in [1.29, 1.82) is 0 Å². The minimum atomic E-state index is -0.311. The minimum absolute atomic E-state index is 0.0407. The molecule has 0 saturated heterocycles. The van der Waals surface area contributed by atoms with Crippen molar-refractivity contribution in [3.8, 4) is 0 Å². The van der Waals surface area contributed by atoms with E-state index in [1.54, 1.807) is 0 Å². The fraction of sp³-hybridized carbons (Fsp3) is 0.583. The van der Waals surface area contributed by atoms with Gasteiger partial charge in [0.15, 0.2) is 0 Å². The van der Waals surface area contributed by atoms with Crippen LogP contribution in [-0.2, 0) is 0 Å². The van der Waals surface area contributed by atoms with Crippen molar-refractivity contribution < 1.29 is 9.90 Å². The molecule has 1 aromatic heterocycles. The van der Waals surface area contributed by atoms with Crippen LogP contribution in [0.4, 0.5) is 0 Å². The lowest BCUT2D eigenvalue weighted by Gasteiger charge is -2.29. The first kappa shape index (κ1) is 13.2. The molecular weight excluding hydrogens is 254 g/mol. The van der Waals surface area contributed by atoms with E-state index in [1.165, 1.54) is 12.5 Å². The summed E-state index contributed by atoms with van der Waals surface area (Å²) in [6.45, 7) is 2.04. The highest BCUT2D eigenvalue weighted by Crippen LogP contribution is 2.37. The van der Waals surface area contributed by atoms with Gasteiger partial charge in [-0.1, -0.05) is 24.9 Å². The van der Waals surface area contributed by atoms with E-state index in [9.17, 15) is 9.90 Å². The van der Waals surface area contributed by atoms with Crippen molar-refractivity contribution in [2.24, 2.45) is 5.41 Å². The zero-order chi connectivity index (χ0) is 13.2. The number of halogens is 1. The van der Waals surface area contributed by atoms with Gasteiger partial charge in [0.1, 0.15) is 12.0 Å². The fourth-order valence-corrected chi connectivity index (χ4v) is 2.57. The SMILES string of the molecule is CC1(CO)CCCC1NC(=O)c1ncncc1Cl. The Hall–Kier alpha value is -1.20. The number of nitrogens with one attached hydrogen (secondary N) is 1. The van der Waals surface area contributed by atoms with Crippen molar-refractivity contribution >= 4 is 17.5 Å². The summed E-state index contributed by atoms with van der Waals surface area (Å²) in [7, 11) is 0. The third-order valence-electron chi connectivity index (χ3n) is 3.63. The molecule has 0 spiro atoms. The van der Waals surface area contributed by atoms with Gasteiger partial charge in [0, 0.05) is 17.7 Å². The molecule has 1 amide bonds. The maximum absolute atomic E-state index is 12.1. The lowest BCUT2D eigenvalue weighted by molar-refractivity contribution is 0.0826. The second-order valence-electron chi connectivity index (χ2n) is 4.95. The number of aliphatic hydroxyl groups is 1. The van der Waals surface area contributed by atoms with Gasteiger partial charge < -0.3 is 10.4 Å². The Kier molecular flexibility index (Phi) is 3.82. The number of aromatic nitrogens is 2. The molecule has 1 saturated carbocycles. The Balaban J connectivity index is 2.11. The predicted octanol–water partition coefficient (Wildman–Crippen LogP) is 1.41. The molecule has 0 aromatic carbocycles. The third-order valence-corrected chi connectivity index (χ3v) is 3.91. The molecule has 1 aliphatic carbocycles. The first-order valence-corrected chi connectivity index (χ1v) is 6.32. The number of hydrogen-bond acceptors (Lipinski definition) is 4. The molecule has 18 heavy (non-hydrogen) atoms. The van der Waals surface area contributed by atoms with Gasteiger partial charge in [-0.2, -0.15) is 0 Å². The van der Waals surface area contributed by atoms with Crippen LogP contribution in [0.1, 0.15) is 36.7 Å². The fourth-order valence-electron chi connectivity index (χ4n) is 2.37. The van der Waals surface area contributed by atoms with Crippen LogP contribution in [0.25, 0.3) is 0 Å². The van der Waals surface area contributed by atoms with Gasteiger partial charge in [0.05, 0.1) is 11.6 Å². The number of amides is 1. The quantitative estimate of drug-likeness (QED) is 0.870. The zero-order valence-electron chi connectivity index (χ0n) is 10.2. The van der Waals surface area contributed by atoms with Crippen molar-refractivity contribution in [1.82, 2.24) is 15.3 Å². The number of nitrogens with zero attached hydrogens (tertiary/aromatic N) is 2. The summed E-state index contributed by atoms with van der Waals surface area (Å²) in [5, 5.41) is 12.6. The Morgan fingerprint density at radius 3 is 3.17 bits per heavy atom. The van der Waals surface area contributed by atoms with E-state index in [1.807, 2.05) is 6.92 Å². The normalized spacial score (nSPS) is 27.2. The van der Waals surface area contributed by atoms with Crippen LogP contribution in [0.5, 0.6) is 0 Å². The average Bonchev–Trinajstić information content (AvgIpc) is 2.72. The molecule has 1 aliphatic rings. The van der Waals surface area contributed by atoms with Crippen LogP contribution >= 0.6 is 11.6 Å². The monoisotopic (exact) mass is 269 g/mol. The molecule has 2 unspecified atom stereocenters. The molecule has 0 bridgehead atoms. The van der Waals surface area contributed by atoms with Crippen molar-refractivity contribution in [2.75, 3.05) is 6.61 Å². The molecule has 2 rings (SSSR count). The molecule has 2 atom stereocenters. The van der Waals surface area contributed by atoms with E-state index in [4.69, 9.17) is 11.6 Å². The maximum atomic E-state index is 12.1. The summed E-state index contributed by atoms with van der Waals surface area (Å²) in [5.74, 6) is -0.311. The van der Waals surface area contributed by atoms with E-state index >= 15 is 0 Å². The first-order chi connectivity index (χ1) is 8.57. The summed E-state index contributed by atoms with van der Waals surface area (Å²) in [4.78, 5) is 19.7. The second-order valence-corrected chi connectivity index (χ2v) is 5.36. The van der Waals surface area contributed by atoms with E-state index in [2.05, 4.69) is 15.3 Å². The summed E-state index contributed by atoms with van der Waals surface area (Å²) < 4.78 is 0. The van der Waals surface area contributed by atoms with Crippen molar-refractivity contribution in [3.05, 3.63) is 23.2 Å². The molecule has 0 aliphatic heterocycles. The number of aliphatic hydroxyl groups excluding tert-OH is 1. The number of carbonyl (C=O) groups is 1. The second kappa shape index (κ2) is 5.20. The van der Waals surface area contributed by atoms with Gasteiger partial charge in [-0.15, -0.1) is 0 Å². The largest absolute Gasteiger partial charge is 0.396 e. The number of rotatable bonds is 3. The van der Waals surface area contributed by atoms with Crippen LogP contribution in [0.3, 0.4) is 0 Å². The molecule has 1 fully saturated rings. The van der Waals surface area contributed by atoms with Crippen LogP contribution in [0.2, 0.25) is 5.02 Å². The highest BCUT2D eigenvalue weighted by molar-refractivity contribution is 6.33. The van der Waals surface area contributed by atoms with Crippen LogP contribution in [0, 0.1) is 5.41 Å². The van der Waals surface area contributed by atoms with Gasteiger partial charge in [0.25, 0.3) is 5.91 Å². The summed E-state index contributed by atoms with van der Waals surface area (Å²) in [6.07, 6.45) is 5.46. The lowest BCUT2D eigenvalue weighted by atomic mass is 9.86. The molecule has 6 heteroatoms. The van der Waals surface area contributed by atoms with Crippen LogP contribution < -0.4 is 5.32 Å². The minimum Gasteiger partial charge on any atom is -0.396 e. The molecule has 2 N–H and O–H groups in total. The molecule has 98 valence electrons. The predicted molar refractivity (Wildman–Crippen MR) is 67.3 cm³/mol. The van der Waals surface area contributed by atoms with E-state index in [0.29, 0.717) is 0 Å². The topological polar surface area (TPSA) is 75.1 Å². The maximum Gasteiger partial charge on any atom is 0.271 e. The lowest BCUT2D eigenvalue weighted by Crippen LogP contribution is -2.45. The van der Waals surface area contributed by atoms with Crippen molar-refractivity contribution in [3.63, 3.8) is 0 Å². The Morgan fingerprint density at radius 2 is 2.50 bits per heavy atom. The van der Waals surface area contributed by atoms with Gasteiger partial charge >= 0.3 is 0 Å². The first-order valence-electron chi connectivity index (χ1n) is 5.94. The molecule has 1 heterocycles. The Bertz CT molecular complexity index is 455. The standard InChI is InChI=1S/C12H16ClN3O2/c1-12(6-17)4-2-3-9(12)16-11(18)10-8(13)5-14-7-15-10/h5,7,9,17H,2-4,6H2,1H3,(H,16,18). The summed E-state index contributed by atoms with van der Waals surface area (Å²) >= 11 is 5.87. The van der Waals surface area contributed by atoms with Crippen molar-refractivity contribution in [2.45, 2.75) is 32.2 Å². The van der Waals surface area contributed by atoms with E-state index in [-0.39, 0.29) is 34.7 Å². The van der Waals surface area contributed by atoms with Crippen LogP contribution in [0.15, 0.2) is 12.5 Å². The Labute approximate surface area is 111 Å². The highest BCUT2D eigenvalue weighted by Gasteiger charge is 2.39.